The molecule has 3 rings (SSSR count). The third-order valence-corrected chi connectivity index (χ3v) is 5.34. The molecular formula is C23H30ClN3O2. The SMILES string of the molecule is CN(C)CCN(CC1CN(Cc2ccc(Cl)cc2)CCO1)C(=O)c1ccccc1. The topological polar surface area (TPSA) is 36.0 Å². The summed E-state index contributed by atoms with van der Waals surface area (Å²) in [5.74, 6) is 0.0610. The number of likely N-dealkylation sites (N-methyl/N-ethyl adjacent to an activating group) is 1. The number of amides is 1. The number of morpholine rings is 1. The molecule has 0 bridgehead atoms. The van der Waals surface area contributed by atoms with Crippen molar-refractivity contribution in [3.63, 3.8) is 0 Å². The van der Waals surface area contributed by atoms with Gasteiger partial charge in [0.15, 0.2) is 0 Å². The summed E-state index contributed by atoms with van der Waals surface area (Å²) in [5.41, 5.74) is 1.96. The first-order valence-electron chi connectivity index (χ1n) is 10.1. The quantitative estimate of drug-likeness (QED) is 0.663. The van der Waals surface area contributed by atoms with Crippen LogP contribution in [0.1, 0.15) is 15.9 Å². The number of hydrogen-bond donors (Lipinski definition) is 0. The van der Waals surface area contributed by atoms with E-state index in [2.05, 4.69) is 21.9 Å². The monoisotopic (exact) mass is 415 g/mol. The van der Waals surface area contributed by atoms with Crippen LogP contribution in [-0.4, -0.2) is 80.1 Å². The van der Waals surface area contributed by atoms with Crippen LogP contribution in [0.25, 0.3) is 0 Å². The number of carbonyl (C=O) groups is 1. The average molecular weight is 416 g/mol. The summed E-state index contributed by atoms with van der Waals surface area (Å²) in [6.45, 7) is 5.34. The lowest BCUT2D eigenvalue weighted by Gasteiger charge is -2.36. The Kier molecular flexibility index (Phi) is 8.07. The lowest BCUT2D eigenvalue weighted by Crippen LogP contribution is -2.49. The average Bonchev–Trinajstić information content (AvgIpc) is 2.73. The van der Waals surface area contributed by atoms with Crippen LogP contribution in [0.4, 0.5) is 0 Å². The minimum atomic E-state index is 0.00544. The molecule has 1 fully saturated rings. The summed E-state index contributed by atoms with van der Waals surface area (Å²) >= 11 is 5.99. The van der Waals surface area contributed by atoms with Gasteiger partial charge < -0.3 is 14.5 Å². The first-order valence-corrected chi connectivity index (χ1v) is 10.5. The zero-order valence-electron chi connectivity index (χ0n) is 17.3. The van der Waals surface area contributed by atoms with Gasteiger partial charge in [0.2, 0.25) is 0 Å². The number of halogens is 1. The molecule has 0 aliphatic carbocycles. The Bertz CT molecular complexity index is 767. The van der Waals surface area contributed by atoms with Crippen LogP contribution >= 0.6 is 11.6 Å². The highest BCUT2D eigenvalue weighted by Crippen LogP contribution is 2.15. The van der Waals surface area contributed by atoms with Gasteiger partial charge in [-0.1, -0.05) is 41.9 Å². The Morgan fingerprint density at radius 3 is 2.52 bits per heavy atom. The Labute approximate surface area is 178 Å². The molecule has 1 heterocycles. The van der Waals surface area contributed by atoms with Gasteiger partial charge in [-0.2, -0.15) is 0 Å². The van der Waals surface area contributed by atoms with Crippen molar-refractivity contribution in [1.29, 1.82) is 0 Å². The number of hydrogen-bond acceptors (Lipinski definition) is 4. The van der Waals surface area contributed by atoms with E-state index in [9.17, 15) is 4.79 Å². The normalized spacial score (nSPS) is 17.4. The molecule has 1 aliphatic heterocycles. The highest BCUT2D eigenvalue weighted by atomic mass is 35.5. The zero-order valence-corrected chi connectivity index (χ0v) is 18.0. The molecule has 6 heteroatoms. The van der Waals surface area contributed by atoms with Crippen LogP contribution in [0.3, 0.4) is 0 Å². The Hall–Kier alpha value is -1.92. The van der Waals surface area contributed by atoms with Gasteiger partial charge in [0.05, 0.1) is 12.7 Å². The Balaban J connectivity index is 1.62. The fourth-order valence-corrected chi connectivity index (χ4v) is 3.61. The van der Waals surface area contributed by atoms with Crippen molar-refractivity contribution in [2.45, 2.75) is 12.6 Å². The van der Waals surface area contributed by atoms with Crippen molar-refractivity contribution < 1.29 is 9.53 Å². The zero-order chi connectivity index (χ0) is 20.6. The minimum Gasteiger partial charge on any atom is -0.374 e. The van der Waals surface area contributed by atoms with E-state index in [-0.39, 0.29) is 12.0 Å². The second kappa shape index (κ2) is 10.7. The van der Waals surface area contributed by atoms with Gasteiger partial charge in [-0.25, -0.2) is 0 Å². The lowest BCUT2D eigenvalue weighted by molar-refractivity contribution is -0.0432. The van der Waals surface area contributed by atoms with E-state index < -0.39 is 0 Å². The van der Waals surface area contributed by atoms with E-state index in [1.807, 2.05) is 61.5 Å². The standard InChI is InChI=1S/C23H30ClN3O2/c1-25(2)12-13-27(23(28)20-6-4-3-5-7-20)18-22-17-26(14-15-29-22)16-19-8-10-21(24)11-9-19/h3-11,22H,12-18H2,1-2H3. The summed E-state index contributed by atoms with van der Waals surface area (Å²) in [5, 5.41) is 0.754. The van der Waals surface area contributed by atoms with Crippen LogP contribution in [-0.2, 0) is 11.3 Å². The number of benzene rings is 2. The molecular weight excluding hydrogens is 386 g/mol. The van der Waals surface area contributed by atoms with Crippen molar-refractivity contribution in [2.75, 3.05) is 53.4 Å². The minimum absolute atomic E-state index is 0.00544. The van der Waals surface area contributed by atoms with E-state index in [1.165, 1.54) is 5.56 Å². The van der Waals surface area contributed by atoms with Gasteiger partial charge in [0.1, 0.15) is 0 Å². The molecule has 1 aliphatic rings. The summed E-state index contributed by atoms with van der Waals surface area (Å²) in [7, 11) is 4.05. The van der Waals surface area contributed by atoms with Crippen LogP contribution in [0.15, 0.2) is 54.6 Å². The summed E-state index contributed by atoms with van der Waals surface area (Å²) < 4.78 is 6.02. The maximum absolute atomic E-state index is 13.1. The summed E-state index contributed by atoms with van der Waals surface area (Å²) in [6, 6.07) is 17.5. The van der Waals surface area contributed by atoms with Crippen molar-refractivity contribution in [3.8, 4) is 0 Å². The van der Waals surface area contributed by atoms with Crippen molar-refractivity contribution in [3.05, 3.63) is 70.7 Å². The highest BCUT2D eigenvalue weighted by Gasteiger charge is 2.25. The molecule has 1 saturated heterocycles. The van der Waals surface area contributed by atoms with Crippen LogP contribution in [0.5, 0.6) is 0 Å². The predicted molar refractivity (Wildman–Crippen MR) is 117 cm³/mol. The second-order valence-corrected chi connectivity index (χ2v) is 8.21. The molecule has 0 saturated carbocycles. The molecule has 5 nitrogen and oxygen atoms in total. The van der Waals surface area contributed by atoms with E-state index >= 15 is 0 Å². The van der Waals surface area contributed by atoms with Gasteiger partial charge in [0.25, 0.3) is 5.91 Å². The Morgan fingerprint density at radius 2 is 1.83 bits per heavy atom. The van der Waals surface area contributed by atoms with Gasteiger partial charge in [-0.05, 0) is 43.9 Å². The fourth-order valence-electron chi connectivity index (χ4n) is 3.49. The van der Waals surface area contributed by atoms with E-state index in [0.717, 1.165) is 36.8 Å². The molecule has 156 valence electrons. The third-order valence-electron chi connectivity index (χ3n) is 5.09. The molecule has 0 N–H and O–H groups in total. The first kappa shape index (κ1) is 21.8. The second-order valence-electron chi connectivity index (χ2n) is 7.77. The summed E-state index contributed by atoms with van der Waals surface area (Å²) in [4.78, 5) is 19.5. The van der Waals surface area contributed by atoms with Gasteiger partial charge >= 0.3 is 0 Å². The third kappa shape index (κ3) is 6.82. The van der Waals surface area contributed by atoms with Crippen LogP contribution < -0.4 is 0 Å². The molecule has 1 amide bonds. The van der Waals surface area contributed by atoms with Gasteiger partial charge in [0, 0.05) is 49.9 Å². The number of carbonyl (C=O) groups excluding carboxylic acids is 1. The predicted octanol–water partition coefficient (Wildman–Crippen LogP) is 3.24. The maximum atomic E-state index is 13.1. The molecule has 29 heavy (non-hydrogen) atoms. The van der Waals surface area contributed by atoms with Crippen LogP contribution in [0, 0.1) is 0 Å². The lowest BCUT2D eigenvalue weighted by atomic mass is 10.1. The molecule has 2 aromatic carbocycles. The molecule has 0 aromatic heterocycles. The molecule has 1 unspecified atom stereocenters. The smallest absolute Gasteiger partial charge is 0.253 e. The highest BCUT2D eigenvalue weighted by molar-refractivity contribution is 6.30. The molecule has 0 spiro atoms. The largest absolute Gasteiger partial charge is 0.374 e. The van der Waals surface area contributed by atoms with Gasteiger partial charge in [-0.15, -0.1) is 0 Å². The number of ether oxygens (including phenoxy) is 1. The van der Waals surface area contributed by atoms with Gasteiger partial charge in [-0.3, -0.25) is 9.69 Å². The number of nitrogens with zero attached hydrogens (tertiary/aromatic N) is 3. The number of rotatable bonds is 8. The Morgan fingerprint density at radius 1 is 1.10 bits per heavy atom. The first-order chi connectivity index (χ1) is 14.0. The van der Waals surface area contributed by atoms with E-state index in [1.54, 1.807) is 0 Å². The van der Waals surface area contributed by atoms with Crippen molar-refractivity contribution >= 4 is 17.5 Å². The summed E-state index contributed by atoms with van der Waals surface area (Å²) in [6.07, 6.45) is 0.00544. The van der Waals surface area contributed by atoms with Crippen LogP contribution in [0.2, 0.25) is 5.02 Å². The maximum Gasteiger partial charge on any atom is 0.253 e. The molecule has 1 atom stereocenters. The van der Waals surface area contributed by atoms with E-state index in [4.69, 9.17) is 16.3 Å². The van der Waals surface area contributed by atoms with E-state index in [0.29, 0.717) is 19.7 Å². The van der Waals surface area contributed by atoms with Crippen molar-refractivity contribution in [1.82, 2.24) is 14.7 Å². The molecule has 2 aromatic rings. The van der Waals surface area contributed by atoms with Crippen molar-refractivity contribution in [2.24, 2.45) is 0 Å². The molecule has 0 radical (unpaired) electrons. The fraction of sp³-hybridized carbons (Fsp3) is 0.435.